The summed E-state index contributed by atoms with van der Waals surface area (Å²) < 4.78 is 10.6. The summed E-state index contributed by atoms with van der Waals surface area (Å²) in [5.74, 6) is -1.52. The summed E-state index contributed by atoms with van der Waals surface area (Å²) in [4.78, 5) is 56.4. The molecule has 3 aliphatic heterocycles. The molecule has 0 radical (unpaired) electrons. The van der Waals surface area contributed by atoms with Crippen molar-refractivity contribution in [2.45, 2.75) is 70.6 Å². The Kier molecular flexibility index (Phi) is 6.45. The third-order valence-corrected chi connectivity index (χ3v) is 6.65. The number of hydrogen-bond acceptors (Lipinski definition) is 6. The zero-order valence-corrected chi connectivity index (χ0v) is 21.6. The maximum atomic E-state index is 14.2. The molecule has 36 heavy (non-hydrogen) atoms. The molecule has 3 amide bonds. The van der Waals surface area contributed by atoms with Gasteiger partial charge in [-0.2, -0.15) is 0 Å². The topological polar surface area (TPSA) is 105 Å². The van der Waals surface area contributed by atoms with Crippen molar-refractivity contribution in [1.82, 2.24) is 9.80 Å². The van der Waals surface area contributed by atoms with Crippen LogP contribution >= 0.6 is 0 Å². The Labute approximate surface area is 211 Å². The van der Waals surface area contributed by atoms with E-state index < -0.39 is 41.1 Å². The third-order valence-electron chi connectivity index (χ3n) is 6.65. The Hall–Kier alpha value is -3.62. The Morgan fingerprint density at radius 2 is 1.86 bits per heavy atom. The van der Waals surface area contributed by atoms with Crippen LogP contribution in [0.2, 0.25) is 0 Å². The summed E-state index contributed by atoms with van der Waals surface area (Å²) in [6.45, 7) is 9.39. The number of para-hydroxylation sites is 1. The van der Waals surface area contributed by atoms with Crippen molar-refractivity contribution in [2.75, 3.05) is 19.0 Å². The largest absolute Gasteiger partial charge is 0.464 e. The number of nitrogens with one attached hydrogen (secondary N) is 1. The molecule has 3 atom stereocenters. The van der Waals surface area contributed by atoms with Gasteiger partial charge in [0.15, 0.2) is 0 Å². The molecule has 4 rings (SSSR count). The first-order chi connectivity index (χ1) is 16.9. The highest BCUT2D eigenvalue weighted by Crippen LogP contribution is 2.49. The van der Waals surface area contributed by atoms with Crippen LogP contribution < -0.4 is 5.32 Å². The Morgan fingerprint density at radius 1 is 1.17 bits per heavy atom. The number of likely N-dealkylation sites (tertiary alicyclic amines) is 1. The molecule has 3 heterocycles. The number of allylic oxidation sites excluding steroid dienone is 1. The molecule has 192 valence electrons. The molecule has 1 fully saturated rings. The fraction of sp³-hybridized carbons (Fsp3) is 0.481. The number of rotatable bonds is 3. The van der Waals surface area contributed by atoms with Crippen LogP contribution in [0.3, 0.4) is 0 Å². The first-order valence-corrected chi connectivity index (χ1v) is 12.1. The van der Waals surface area contributed by atoms with Crippen molar-refractivity contribution in [1.29, 1.82) is 0 Å². The van der Waals surface area contributed by atoms with Gasteiger partial charge in [-0.25, -0.2) is 9.59 Å². The molecule has 9 heteroatoms. The zero-order chi connectivity index (χ0) is 26.4. The van der Waals surface area contributed by atoms with Gasteiger partial charge in [0.05, 0.1) is 13.2 Å². The molecule has 1 aromatic carbocycles. The van der Waals surface area contributed by atoms with Gasteiger partial charge in [-0.1, -0.05) is 29.8 Å². The zero-order valence-electron chi connectivity index (χ0n) is 21.6. The monoisotopic (exact) mass is 495 g/mol. The highest BCUT2D eigenvalue weighted by atomic mass is 16.6. The molecule has 0 saturated carbocycles. The first kappa shape index (κ1) is 25.5. The SMILES string of the molecule is COC(=O)C1=C[C@@]2(C(=O)Nc3ccccc32)[C@@H](C=C(C)C)N1C(=O)[C@@H]1CCCN1C(=O)OC(C)(C)C. The molecule has 1 spiro atoms. The fourth-order valence-electron chi connectivity index (χ4n) is 5.22. The van der Waals surface area contributed by atoms with Gasteiger partial charge < -0.3 is 14.8 Å². The number of fused-ring (bicyclic) bond motifs is 2. The molecule has 0 aromatic heterocycles. The van der Waals surface area contributed by atoms with Crippen LogP contribution in [0.4, 0.5) is 10.5 Å². The van der Waals surface area contributed by atoms with E-state index in [1.165, 1.54) is 23.0 Å². The smallest absolute Gasteiger partial charge is 0.410 e. The second-order valence-corrected chi connectivity index (χ2v) is 10.6. The van der Waals surface area contributed by atoms with E-state index in [9.17, 15) is 19.2 Å². The van der Waals surface area contributed by atoms with Crippen molar-refractivity contribution in [2.24, 2.45) is 0 Å². The molecule has 1 saturated heterocycles. The van der Waals surface area contributed by atoms with Gasteiger partial charge in [-0.3, -0.25) is 19.4 Å². The number of benzene rings is 1. The lowest BCUT2D eigenvalue weighted by atomic mass is 9.75. The van der Waals surface area contributed by atoms with Gasteiger partial charge in [0.2, 0.25) is 5.91 Å². The number of carbonyl (C=O) groups is 4. The molecule has 0 aliphatic carbocycles. The first-order valence-electron chi connectivity index (χ1n) is 12.1. The minimum Gasteiger partial charge on any atom is -0.464 e. The quantitative estimate of drug-likeness (QED) is 0.508. The van der Waals surface area contributed by atoms with Crippen LogP contribution in [0.1, 0.15) is 53.0 Å². The Bertz CT molecular complexity index is 1180. The van der Waals surface area contributed by atoms with Crippen LogP contribution in [0.15, 0.2) is 47.7 Å². The predicted octanol–water partition coefficient (Wildman–Crippen LogP) is 3.51. The molecular formula is C27H33N3O6. The van der Waals surface area contributed by atoms with Crippen LogP contribution in [-0.4, -0.2) is 65.0 Å². The Balaban J connectivity index is 1.83. The van der Waals surface area contributed by atoms with Crippen LogP contribution in [0, 0.1) is 0 Å². The van der Waals surface area contributed by atoms with Crippen molar-refractivity contribution >= 4 is 29.6 Å². The summed E-state index contributed by atoms with van der Waals surface area (Å²) >= 11 is 0. The van der Waals surface area contributed by atoms with Crippen LogP contribution in [0.5, 0.6) is 0 Å². The minimum atomic E-state index is -1.32. The van der Waals surface area contributed by atoms with Crippen molar-refractivity contribution < 1.29 is 28.7 Å². The third kappa shape index (κ3) is 4.16. The van der Waals surface area contributed by atoms with E-state index in [1.54, 1.807) is 26.8 Å². The number of amides is 3. The van der Waals surface area contributed by atoms with E-state index in [4.69, 9.17) is 9.47 Å². The summed E-state index contributed by atoms with van der Waals surface area (Å²) in [6.07, 6.45) is 3.80. The van der Waals surface area contributed by atoms with Gasteiger partial charge in [0.1, 0.15) is 22.8 Å². The number of carbonyl (C=O) groups excluding carboxylic acids is 4. The lowest BCUT2D eigenvalue weighted by molar-refractivity contribution is -0.144. The van der Waals surface area contributed by atoms with Crippen molar-refractivity contribution in [3.05, 3.63) is 53.3 Å². The number of nitrogens with zero attached hydrogens (tertiary/aromatic N) is 2. The minimum absolute atomic E-state index is 0.0205. The molecule has 0 bridgehead atoms. The van der Waals surface area contributed by atoms with E-state index in [-0.39, 0.29) is 11.6 Å². The summed E-state index contributed by atoms with van der Waals surface area (Å²) in [6, 6.07) is 5.58. The van der Waals surface area contributed by atoms with Crippen molar-refractivity contribution in [3.63, 3.8) is 0 Å². The average Bonchev–Trinajstić information content (AvgIpc) is 3.48. The van der Waals surface area contributed by atoms with E-state index in [1.807, 2.05) is 38.1 Å². The maximum Gasteiger partial charge on any atom is 0.410 e. The normalized spacial score (nSPS) is 24.8. The highest BCUT2D eigenvalue weighted by molar-refractivity contribution is 6.12. The Morgan fingerprint density at radius 3 is 2.50 bits per heavy atom. The molecule has 9 nitrogen and oxygen atoms in total. The van der Waals surface area contributed by atoms with Crippen molar-refractivity contribution in [3.8, 4) is 0 Å². The highest BCUT2D eigenvalue weighted by Gasteiger charge is 2.60. The molecule has 1 N–H and O–H groups in total. The number of anilines is 1. The summed E-state index contributed by atoms with van der Waals surface area (Å²) in [5, 5.41) is 2.91. The van der Waals surface area contributed by atoms with Gasteiger partial charge in [0, 0.05) is 12.2 Å². The number of methoxy groups -OCH3 is 1. The molecular weight excluding hydrogens is 462 g/mol. The van der Waals surface area contributed by atoms with E-state index in [0.29, 0.717) is 30.6 Å². The average molecular weight is 496 g/mol. The van der Waals surface area contributed by atoms with Gasteiger partial charge in [0.25, 0.3) is 5.91 Å². The number of esters is 1. The molecule has 3 aliphatic rings. The fourth-order valence-corrected chi connectivity index (χ4v) is 5.22. The molecule has 0 unspecified atom stereocenters. The lowest BCUT2D eigenvalue weighted by Crippen LogP contribution is -2.55. The second-order valence-electron chi connectivity index (χ2n) is 10.6. The van der Waals surface area contributed by atoms with Crippen LogP contribution in [-0.2, 0) is 29.3 Å². The number of hydrogen-bond donors (Lipinski definition) is 1. The maximum absolute atomic E-state index is 14.2. The van der Waals surface area contributed by atoms with E-state index in [0.717, 1.165) is 5.57 Å². The summed E-state index contributed by atoms with van der Waals surface area (Å²) in [5.41, 5.74) is 0.100. The standard InChI is InChI=1S/C27H33N3O6/c1-16(2)14-21-27(17-10-7-8-11-18(17)28-24(27)33)15-20(23(32)35-6)30(21)22(31)19-12-9-13-29(19)25(34)36-26(3,4)5/h7-8,10-11,14-15,19,21H,9,12-13H2,1-6H3,(H,28,33)/t19-,21+,27-/m0/s1. The number of ether oxygens (including phenoxy) is 2. The second kappa shape index (κ2) is 9.11. The lowest BCUT2D eigenvalue weighted by Gasteiger charge is -2.36. The van der Waals surface area contributed by atoms with E-state index in [2.05, 4.69) is 5.32 Å². The van der Waals surface area contributed by atoms with Gasteiger partial charge in [-0.05, 0) is 65.2 Å². The van der Waals surface area contributed by atoms with Crippen LogP contribution in [0.25, 0.3) is 0 Å². The van der Waals surface area contributed by atoms with Gasteiger partial charge >= 0.3 is 12.1 Å². The molecule has 1 aromatic rings. The van der Waals surface area contributed by atoms with E-state index >= 15 is 0 Å². The van der Waals surface area contributed by atoms with Gasteiger partial charge in [-0.15, -0.1) is 0 Å². The summed E-state index contributed by atoms with van der Waals surface area (Å²) in [7, 11) is 1.23. The predicted molar refractivity (Wildman–Crippen MR) is 133 cm³/mol.